The lowest BCUT2D eigenvalue weighted by molar-refractivity contribution is -0.117. The van der Waals surface area contributed by atoms with E-state index < -0.39 is 0 Å². The van der Waals surface area contributed by atoms with Gasteiger partial charge in [0, 0.05) is 18.7 Å². The number of nitrogens with one attached hydrogen (secondary N) is 1. The first-order chi connectivity index (χ1) is 7.22. The highest BCUT2D eigenvalue weighted by molar-refractivity contribution is 5.75. The van der Waals surface area contributed by atoms with Crippen molar-refractivity contribution in [3.8, 4) is 6.07 Å². The predicted octanol–water partition coefficient (Wildman–Crippen LogP) is 2.34. The molecule has 15 heavy (non-hydrogen) atoms. The van der Waals surface area contributed by atoms with Crippen molar-refractivity contribution in [2.45, 2.75) is 19.8 Å². The summed E-state index contributed by atoms with van der Waals surface area (Å²) in [6.45, 7) is 2.38. The second-order valence-corrected chi connectivity index (χ2v) is 3.42. The fourth-order valence-electron chi connectivity index (χ4n) is 1.23. The molecule has 0 aliphatic heterocycles. The summed E-state index contributed by atoms with van der Waals surface area (Å²) in [5.74, 6) is 0.219. The van der Waals surface area contributed by atoms with Gasteiger partial charge < -0.3 is 10.1 Å². The maximum atomic E-state index is 10.7. The van der Waals surface area contributed by atoms with Crippen molar-refractivity contribution in [3.05, 3.63) is 29.8 Å². The molecule has 1 aromatic rings. The van der Waals surface area contributed by atoms with Crippen molar-refractivity contribution in [1.29, 1.82) is 5.26 Å². The normalized spacial score (nSPS) is 9.33. The van der Waals surface area contributed by atoms with Gasteiger partial charge in [-0.25, -0.2) is 0 Å². The molecule has 0 saturated heterocycles. The van der Waals surface area contributed by atoms with Crippen LogP contribution >= 0.6 is 0 Å². The average molecular weight is 202 g/mol. The maximum Gasteiger partial charge on any atom is 0.129 e. The first-order valence-electron chi connectivity index (χ1n) is 4.96. The van der Waals surface area contributed by atoms with Crippen LogP contribution in [0.5, 0.6) is 0 Å². The van der Waals surface area contributed by atoms with Crippen molar-refractivity contribution >= 4 is 11.5 Å². The molecule has 1 rings (SSSR count). The van der Waals surface area contributed by atoms with Gasteiger partial charge in [-0.1, -0.05) is 0 Å². The number of hydrogen-bond donors (Lipinski definition) is 1. The summed E-state index contributed by atoms with van der Waals surface area (Å²) < 4.78 is 0. The second kappa shape index (κ2) is 5.82. The summed E-state index contributed by atoms with van der Waals surface area (Å²) in [6, 6.07) is 9.34. The molecule has 3 nitrogen and oxygen atoms in total. The number of nitrogens with zero attached hydrogens (tertiary/aromatic N) is 1. The van der Waals surface area contributed by atoms with E-state index in [0.29, 0.717) is 12.0 Å². The minimum atomic E-state index is 0.219. The lowest BCUT2D eigenvalue weighted by Crippen LogP contribution is -2.03. The van der Waals surface area contributed by atoms with Crippen LogP contribution in [0.15, 0.2) is 24.3 Å². The van der Waals surface area contributed by atoms with E-state index in [1.54, 1.807) is 19.1 Å². The zero-order valence-electron chi connectivity index (χ0n) is 8.79. The van der Waals surface area contributed by atoms with Gasteiger partial charge in [-0.05, 0) is 37.6 Å². The molecule has 0 atom stereocenters. The summed E-state index contributed by atoms with van der Waals surface area (Å²) in [5.41, 5.74) is 1.64. The third-order valence-corrected chi connectivity index (χ3v) is 2.05. The van der Waals surface area contributed by atoms with Crippen LogP contribution in [0, 0.1) is 11.3 Å². The monoisotopic (exact) mass is 202 g/mol. The van der Waals surface area contributed by atoms with E-state index in [2.05, 4.69) is 11.4 Å². The number of carbonyl (C=O) groups excluding carboxylic acids is 1. The standard InChI is InChI=1S/C12H14N2O/c1-10(15)3-2-8-14-12-6-4-11(9-13)5-7-12/h4-7,14H,2-3,8H2,1H3. The van der Waals surface area contributed by atoms with Gasteiger partial charge in [0.1, 0.15) is 5.78 Å². The minimum Gasteiger partial charge on any atom is -0.385 e. The average Bonchev–Trinajstić information content (AvgIpc) is 2.25. The van der Waals surface area contributed by atoms with E-state index in [1.165, 1.54) is 0 Å². The summed E-state index contributed by atoms with van der Waals surface area (Å²) in [7, 11) is 0. The fourth-order valence-corrected chi connectivity index (χ4v) is 1.23. The van der Waals surface area contributed by atoms with E-state index in [0.717, 1.165) is 18.7 Å². The van der Waals surface area contributed by atoms with Gasteiger partial charge in [-0.3, -0.25) is 0 Å². The first kappa shape index (κ1) is 11.3. The molecule has 0 spiro atoms. The van der Waals surface area contributed by atoms with Crippen molar-refractivity contribution in [3.63, 3.8) is 0 Å². The molecule has 1 aromatic carbocycles. The Morgan fingerprint density at radius 2 is 2.07 bits per heavy atom. The van der Waals surface area contributed by atoms with Crippen molar-refractivity contribution in [2.24, 2.45) is 0 Å². The second-order valence-electron chi connectivity index (χ2n) is 3.42. The largest absolute Gasteiger partial charge is 0.385 e. The molecule has 0 amide bonds. The van der Waals surface area contributed by atoms with E-state index in [1.807, 2.05) is 12.1 Å². The molecule has 0 aliphatic carbocycles. The number of rotatable bonds is 5. The third-order valence-electron chi connectivity index (χ3n) is 2.05. The number of Topliss-reactive ketones (excluding diaryl/α,β-unsaturated/α-hetero) is 1. The Balaban J connectivity index is 2.32. The topological polar surface area (TPSA) is 52.9 Å². The molecular formula is C12H14N2O. The SMILES string of the molecule is CC(=O)CCCNc1ccc(C#N)cc1. The van der Waals surface area contributed by atoms with E-state index >= 15 is 0 Å². The summed E-state index contributed by atoms with van der Waals surface area (Å²) >= 11 is 0. The predicted molar refractivity (Wildman–Crippen MR) is 59.6 cm³/mol. The van der Waals surface area contributed by atoms with Crippen LogP contribution < -0.4 is 5.32 Å². The molecule has 1 N–H and O–H groups in total. The molecule has 0 radical (unpaired) electrons. The molecule has 0 bridgehead atoms. The van der Waals surface area contributed by atoms with Gasteiger partial charge in [0.2, 0.25) is 0 Å². The Morgan fingerprint density at radius 1 is 1.40 bits per heavy atom. The van der Waals surface area contributed by atoms with Crippen LogP contribution in [0.2, 0.25) is 0 Å². The highest BCUT2D eigenvalue weighted by Gasteiger charge is 1.95. The Labute approximate surface area is 89.7 Å². The van der Waals surface area contributed by atoms with Crippen molar-refractivity contribution in [2.75, 3.05) is 11.9 Å². The number of anilines is 1. The van der Waals surface area contributed by atoms with E-state index in [4.69, 9.17) is 5.26 Å². The number of hydrogen-bond acceptors (Lipinski definition) is 3. The molecule has 0 aliphatic rings. The molecule has 0 fully saturated rings. The Morgan fingerprint density at radius 3 is 2.60 bits per heavy atom. The number of nitriles is 1. The highest BCUT2D eigenvalue weighted by atomic mass is 16.1. The Kier molecular flexibility index (Phi) is 4.36. The van der Waals surface area contributed by atoms with Crippen LogP contribution in [-0.2, 0) is 4.79 Å². The summed E-state index contributed by atoms with van der Waals surface area (Å²) in [6.07, 6.45) is 1.46. The van der Waals surface area contributed by atoms with Gasteiger partial charge in [-0.2, -0.15) is 5.26 Å². The van der Waals surface area contributed by atoms with Gasteiger partial charge in [0.25, 0.3) is 0 Å². The third kappa shape index (κ3) is 4.28. The van der Waals surface area contributed by atoms with Crippen LogP contribution in [0.1, 0.15) is 25.3 Å². The van der Waals surface area contributed by atoms with Gasteiger partial charge in [0.15, 0.2) is 0 Å². The molecular weight excluding hydrogens is 188 g/mol. The lowest BCUT2D eigenvalue weighted by atomic mass is 10.2. The summed E-state index contributed by atoms with van der Waals surface area (Å²) in [4.78, 5) is 10.7. The first-order valence-corrected chi connectivity index (χ1v) is 4.96. The molecule has 0 heterocycles. The van der Waals surface area contributed by atoms with Gasteiger partial charge in [0.05, 0.1) is 11.6 Å². The molecule has 3 heteroatoms. The Bertz CT molecular complexity index is 362. The summed E-state index contributed by atoms with van der Waals surface area (Å²) in [5, 5.41) is 11.8. The maximum absolute atomic E-state index is 10.7. The molecule has 0 unspecified atom stereocenters. The van der Waals surface area contributed by atoms with Crippen LogP contribution in [0.3, 0.4) is 0 Å². The number of carbonyl (C=O) groups is 1. The lowest BCUT2D eigenvalue weighted by Gasteiger charge is -2.04. The van der Waals surface area contributed by atoms with E-state index in [9.17, 15) is 4.79 Å². The fraction of sp³-hybridized carbons (Fsp3) is 0.333. The number of benzene rings is 1. The van der Waals surface area contributed by atoms with Crippen molar-refractivity contribution < 1.29 is 4.79 Å². The van der Waals surface area contributed by atoms with Crippen LogP contribution in [0.4, 0.5) is 5.69 Å². The smallest absolute Gasteiger partial charge is 0.129 e. The highest BCUT2D eigenvalue weighted by Crippen LogP contribution is 2.08. The molecule has 0 aromatic heterocycles. The zero-order valence-corrected chi connectivity index (χ0v) is 8.79. The van der Waals surface area contributed by atoms with Crippen LogP contribution in [-0.4, -0.2) is 12.3 Å². The van der Waals surface area contributed by atoms with Crippen molar-refractivity contribution in [1.82, 2.24) is 0 Å². The quantitative estimate of drug-likeness (QED) is 0.745. The molecule has 0 saturated carbocycles. The number of ketones is 1. The Hall–Kier alpha value is -1.82. The van der Waals surface area contributed by atoms with Gasteiger partial charge in [-0.15, -0.1) is 0 Å². The minimum absolute atomic E-state index is 0.219. The molecule has 78 valence electrons. The van der Waals surface area contributed by atoms with Crippen LogP contribution in [0.25, 0.3) is 0 Å². The van der Waals surface area contributed by atoms with Gasteiger partial charge >= 0.3 is 0 Å². The zero-order chi connectivity index (χ0) is 11.1. The van der Waals surface area contributed by atoms with E-state index in [-0.39, 0.29) is 5.78 Å².